The summed E-state index contributed by atoms with van der Waals surface area (Å²) >= 11 is 0. The van der Waals surface area contributed by atoms with Crippen LogP contribution in [0.15, 0.2) is 30.6 Å². The molecule has 0 aliphatic heterocycles. The minimum atomic E-state index is 0.360. The van der Waals surface area contributed by atoms with Gasteiger partial charge in [-0.05, 0) is 12.1 Å². The molecule has 3 N–H and O–H groups in total. The molecule has 18 heavy (non-hydrogen) atoms. The minimum Gasteiger partial charge on any atom is -0.497 e. The van der Waals surface area contributed by atoms with Crippen LogP contribution in [0.2, 0.25) is 0 Å². The number of anilines is 1. The molecule has 0 bridgehead atoms. The number of methoxy groups -OCH3 is 1. The van der Waals surface area contributed by atoms with Gasteiger partial charge in [0.25, 0.3) is 0 Å². The number of nitrogen functional groups attached to an aromatic ring is 1. The number of imidazole rings is 1. The highest BCUT2D eigenvalue weighted by molar-refractivity contribution is 5.83. The molecule has 0 aliphatic carbocycles. The zero-order chi connectivity index (χ0) is 12.5. The fourth-order valence-corrected chi connectivity index (χ4v) is 1.75. The largest absolute Gasteiger partial charge is 0.497 e. The fraction of sp³-hybridized carbons (Fsp3) is 0.0833. The summed E-state index contributed by atoms with van der Waals surface area (Å²) in [6.45, 7) is 0. The van der Waals surface area contributed by atoms with E-state index in [0.717, 1.165) is 11.3 Å². The Labute approximate surface area is 103 Å². The third kappa shape index (κ3) is 1.64. The quantitative estimate of drug-likeness (QED) is 0.711. The van der Waals surface area contributed by atoms with Crippen LogP contribution in [-0.2, 0) is 0 Å². The van der Waals surface area contributed by atoms with Crippen molar-refractivity contribution in [3.05, 3.63) is 30.6 Å². The Balaban J connectivity index is 2.18. The summed E-state index contributed by atoms with van der Waals surface area (Å²) in [5, 5.41) is 0. The van der Waals surface area contributed by atoms with Crippen LogP contribution in [0.1, 0.15) is 0 Å². The smallest absolute Gasteiger partial charge is 0.164 e. The molecule has 0 unspecified atom stereocenters. The number of aromatic nitrogens is 4. The van der Waals surface area contributed by atoms with Crippen molar-refractivity contribution in [2.75, 3.05) is 12.8 Å². The molecule has 2 heterocycles. The van der Waals surface area contributed by atoms with E-state index in [0.29, 0.717) is 22.8 Å². The maximum atomic E-state index is 5.84. The Hall–Kier alpha value is -2.63. The molecule has 0 aliphatic rings. The Kier molecular flexibility index (Phi) is 2.33. The lowest BCUT2D eigenvalue weighted by Crippen LogP contribution is -1.97. The number of nitrogens with one attached hydrogen (secondary N) is 1. The first kappa shape index (κ1) is 10.5. The van der Waals surface area contributed by atoms with Gasteiger partial charge in [-0.15, -0.1) is 0 Å². The summed E-state index contributed by atoms with van der Waals surface area (Å²) in [6, 6.07) is 7.50. The van der Waals surface area contributed by atoms with Crippen molar-refractivity contribution in [2.24, 2.45) is 0 Å². The van der Waals surface area contributed by atoms with Crippen molar-refractivity contribution in [3.63, 3.8) is 0 Å². The molecule has 90 valence electrons. The van der Waals surface area contributed by atoms with E-state index in [1.165, 1.54) is 0 Å². The molecule has 3 rings (SSSR count). The van der Waals surface area contributed by atoms with Crippen LogP contribution in [0.3, 0.4) is 0 Å². The van der Waals surface area contributed by atoms with Gasteiger partial charge in [-0.1, -0.05) is 12.1 Å². The van der Waals surface area contributed by atoms with Gasteiger partial charge in [0.15, 0.2) is 17.3 Å². The second-order valence-corrected chi connectivity index (χ2v) is 3.76. The van der Waals surface area contributed by atoms with Crippen LogP contribution in [0.5, 0.6) is 5.75 Å². The molecule has 1 aromatic carbocycles. The van der Waals surface area contributed by atoms with Crippen LogP contribution in [0, 0.1) is 0 Å². The minimum absolute atomic E-state index is 0.360. The van der Waals surface area contributed by atoms with Gasteiger partial charge in [0.1, 0.15) is 11.3 Å². The third-order valence-electron chi connectivity index (χ3n) is 2.63. The highest BCUT2D eigenvalue weighted by Crippen LogP contribution is 2.23. The first-order valence-corrected chi connectivity index (χ1v) is 5.39. The molecule has 6 heteroatoms. The standard InChI is InChI=1S/C12H11N5O/c1-18-8-4-2-3-7(5-8)11-16-10(13)9-12(17-11)15-6-14-9/h2-6H,1H3,(H3,13,14,15,16,17). The fourth-order valence-electron chi connectivity index (χ4n) is 1.75. The van der Waals surface area contributed by atoms with E-state index in [9.17, 15) is 0 Å². The lowest BCUT2D eigenvalue weighted by molar-refractivity contribution is 0.415. The Morgan fingerprint density at radius 3 is 3.00 bits per heavy atom. The predicted molar refractivity (Wildman–Crippen MR) is 68.1 cm³/mol. The normalized spacial score (nSPS) is 10.7. The maximum absolute atomic E-state index is 5.84. The first-order chi connectivity index (χ1) is 8.78. The van der Waals surface area contributed by atoms with Crippen LogP contribution in [0.25, 0.3) is 22.6 Å². The molecule has 0 atom stereocenters. The molecule has 0 radical (unpaired) electrons. The van der Waals surface area contributed by atoms with Crippen LogP contribution in [0.4, 0.5) is 5.82 Å². The number of ether oxygens (including phenoxy) is 1. The molecule has 0 amide bonds. The van der Waals surface area contributed by atoms with Gasteiger partial charge in [0.2, 0.25) is 0 Å². The zero-order valence-corrected chi connectivity index (χ0v) is 9.71. The number of hydrogen-bond acceptors (Lipinski definition) is 5. The number of aromatic amines is 1. The number of benzene rings is 1. The van der Waals surface area contributed by atoms with E-state index < -0.39 is 0 Å². The Morgan fingerprint density at radius 1 is 1.28 bits per heavy atom. The number of nitrogens with two attached hydrogens (primary N) is 1. The van der Waals surface area contributed by atoms with E-state index in [1.54, 1.807) is 13.4 Å². The first-order valence-electron chi connectivity index (χ1n) is 5.39. The van der Waals surface area contributed by atoms with Crippen LogP contribution < -0.4 is 10.5 Å². The van der Waals surface area contributed by atoms with Gasteiger partial charge in [0.05, 0.1) is 13.4 Å². The molecule has 0 spiro atoms. The molecule has 0 fully saturated rings. The number of nitrogens with zero attached hydrogens (tertiary/aromatic N) is 3. The van der Waals surface area contributed by atoms with Crippen molar-refractivity contribution in [1.82, 2.24) is 19.9 Å². The molecule has 6 nitrogen and oxygen atoms in total. The average Bonchev–Trinajstić information content (AvgIpc) is 2.87. The van der Waals surface area contributed by atoms with Crippen molar-refractivity contribution in [2.45, 2.75) is 0 Å². The van der Waals surface area contributed by atoms with Crippen LogP contribution in [-0.4, -0.2) is 27.0 Å². The molecule has 0 saturated heterocycles. The van der Waals surface area contributed by atoms with E-state index in [-0.39, 0.29) is 0 Å². The summed E-state index contributed by atoms with van der Waals surface area (Å²) in [7, 11) is 1.62. The highest BCUT2D eigenvalue weighted by atomic mass is 16.5. The summed E-state index contributed by atoms with van der Waals surface area (Å²) in [5.74, 6) is 1.65. The van der Waals surface area contributed by atoms with Gasteiger partial charge in [-0.25, -0.2) is 15.0 Å². The highest BCUT2D eigenvalue weighted by Gasteiger charge is 2.09. The summed E-state index contributed by atoms with van der Waals surface area (Å²) in [6.07, 6.45) is 1.55. The van der Waals surface area contributed by atoms with Gasteiger partial charge in [-0.3, -0.25) is 0 Å². The zero-order valence-electron chi connectivity index (χ0n) is 9.71. The lowest BCUT2D eigenvalue weighted by Gasteiger charge is -2.04. The SMILES string of the molecule is COc1cccc(-c2nc(N)c3nc[nH]c3n2)c1. The summed E-state index contributed by atoms with van der Waals surface area (Å²) in [4.78, 5) is 15.6. The van der Waals surface area contributed by atoms with Gasteiger partial charge < -0.3 is 15.5 Å². The molecule has 3 aromatic rings. The summed E-state index contributed by atoms with van der Waals surface area (Å²) in [5.41, 5.74) is 7.90. The molecule has 2 aromatic heterocycles. The van der Waals surface area contributed by atoms with Crippen molar-refractivity contribution < 1.29 is 4.74 Å². The van der Waals surface area contributed by atoms with Gasteiger partial charge >= 0.3 is 0 Å². The van der Waals surface area contributed by atoms with Crippen molar-refractivity contribution in [3.8, 4) is 17.1 Å². The molecular weight excluding hydrogens is 230 g/mol. The van der Waals surface area contributed by atoms with Gasteiger partial charge in [-0.2, -0.15) is 0 Å². The van der Waals surface area contributed by atoms with Crippen molar-refractivity contribution in [1.29, 1.82) is 0 Å². The number of hydrogen-bond donors (Lipinski definition) is 2. The number of rotatable bonds is 2. The summed E-state index contributed by atoms with van der Waals surface area (Å²) < 4.78 is 5.17. The Morgan fingerprint density at radius 2 is 2.17 bits per heavy atom. The average molecular weight is 241 g/mol. The van der Waals surface area contributed by atoms with E-state index in [1.807, 2.05) is 24.3 Å². The van der Waals surface area contributed by atoms with E-state index in [4.69, 9.17) is 10.5 Å². The maximum Gasteiger partial charge on any atom is 0.164 e. The topological polar surface area (TPSA) is 89.7 Å². The molecule has 0 saturated carbocycles. The van der Waals surface area contributed by atoms with Crippen LogP contribution >= 0.6 is 0 Å². The second-order valence-electron chi connectivity index (χ2n) is 3.76. The van der Waals surface area contributed by atoms with E-state index in [2.05, 4.69) is 19.9 Å². The molecular formula is C12H11N5O. The predicted octanol–water partition coefficient (Wildman–Crippen LogP) is 1.61. The third-order valence-corrected chi connectivity index (χ3v) is 2.63. The lowest BCUT2D eigenvalue weighted by atomic mass is 10.2. The van der Waals surface area contributed by atoms with Gasteiger partial charge in [0, 0.05) is 5.56 Å². The Bertz CT molecular complexity index is 707. The number of fused-ring (bicyclic) bond motifs is 1. The van der Waals surface area contributed by atoms with Crippen molar-refractivity contribution >= 4 is 17.0 Å². The van der Waals surface area contributed by atoms with E-state index >= 15 is 0 Å². The second kappa shape index (κ2) is 3.99. The number of H-pyrrole nitrogens is 1. The monoisotopic (exact) mass is 241 g/mol.